The zero-order valence-corrected chi connectivity index (χ0v) is 12.7. The first-order valence-corrected chi connectivity index (χ1v) is 7.35. The molecule has 106 valence electrons. The molecule has 1 amide bonds. The van der Waals surface area contributed by atoms with Crippen LogP contribution in [0.5, 0.6) is 0 Å². The molecular formula is C14H20Cl2N2O. The summed E-state index contributed by atoms with van der Waals surface area (Å²) in [4.78, 5) is 11.7. The monoisotopic (exact) mass is 302 g/mol. The van der Waals surface area contributed by atoms with E-state index in [1.165, 1.54) is 19.3 Å². The Kier molecular flexibility index (Phi) is 7.87. The summed E-state index contributed by atoms with van der Waals surface area (Å²) in [5.74, 6) is -0.134. The maximum atomic E-state index is 11.7. The van der Waals surface area contributed by atoms with Gasteiger partial charge in [-0.15, -0.1) is 0 Å². The van der Waals surface area contributed by atoms with Crippen molar-refractivity contribution in [3.63, 3.8) is 0 Å². The highest BCUT2D eigenvalue weighted by Gasteiger charge is 2.08. The highest BCUT2D eigenvalue weighted by Crippen LogP contribution is 2.29. The summed E-state index contributed by atoms with van der Waals surface area (Å²) in [5, 5.41) is 6.72. The van der Waals surface area contributed by atoms with Crippen LogP contribution in [0.1, 0.15) is 32.6 Å². The number of carbonyl (C=O) groups is 1. The topological polar surface area (TPSA) is 41.1 Å². The number of amides is 1. The van der Waals surface area contributed by atoms with E-state index in [-0.39, 0.29) is 12.5 Å². The van der Waals surface area contributed by atoms with Crippen molar-refractivity contribution in [2.45, 2.75) is 32.6 Å². The predicted octanol–water partition coefficient (Wildman–Crippen LogP) is 4.10. The highest BCUT2D eigenvalue weighted by atomic mass is 35.5. The van der Waals surface area contributed by atoms with E-state index in [1.54, 1.807) is 18.2 Å². The van der Waals surface area contributed by atoms with Gasteiger partial charge in [-0.25, -0.2) is 0 Å². The molecule has 0 atom stereocenters. The van der Waals surface area contributed by atoms with Crippen LogP contribution in [0.15, 0.2) is 18.2 Å². The van der Waals surface area contributed by atoms with Gasteiger partial charge in [0.05, 0.1) is 22.3 Å². The van der Waals surface area contributed by atoms with E-state index >= 15 is 0 Å². The summed E-state index contributed by atoms with van der Waals surface area (Å²) in [6.07, 6.45) is 4.74. The van der Waals surface area contributed by atoms with E-state index in [1.807, 2.05) is 0 Å². The molecule has 1 aromatic rings. The lowest BCUT2D eigenvalue weighted by Crippen LogP contribution is -2.28. The second-order valence-corrected chi connectivity index (χ2v) is 5.20. The Balaban J connectivity index is 2.28. The zero-order chi connectivity index (χ0) is 14.1. The van der Waals surface area contributed by atoms with Crippen molar-refractivity contribution in [1.82, 2.24) is 5.32 Å². The van der Waals surface area contributed by atoms with Crippen molar-refractivity contribution >= 4 is 34.8 Å². The van der Waals surface area contributed by atoms with E-state index in [4.69, 9.17) is 23.2 Å². The number of benzene rings is 1. The Morgan fingerprint density at radius 1 is 1.16 bits per heavy atom. The molecule has 0 spiro atoms. The van der Waals surface area contributed by atoms with Crippen molar-refractivity contribution in [2.24, 2.45) is 0 Å². The summed E-state index contributed by atoms with van der Waals surface area (Å²) in [6.45, 7) is 3.30. The number of hydrogen-bond donors (Lipinski definition) is 2. The first kappa shape index (κ1) is 16.3. The Labute approximate surface area is 124 Å². The predicted molar refractivity (Wildman–Crippen MR) is 82.1 cm³/mol. The molecule has 0 heterocycles. The smallest absolute Gasteiger partial charge is 0.238 e. The van der Waals surface area contributed by atoms with Crippen LogP contribution >= 0.6 is 23.2 Å². The van der Waals surface area contributed by atoms with Crippen LogP contribution < -0.4 is 10.6 Å². The molecule has 2 N–H and O–H groups in total. The zero-order valence-electron chi connectivity index (χ0n) is 11.1. The second-order valence-electron chi connectivity index (χ2n) is 4.38. The molecule has 0 radical (unpaired) electrons. The van der Waals surface area contributed by atoms with Crippen LogP contribution in [0.25, 0.3) is 0 Å². The van der Waals surface area contributed by atoms with Crippen molar-refractivity contribution in [2.75, 3.05) is 18.4 Å². The second kappa shape index (κ2) is 9.18. The lowest BCUT2D eigenvalue weighted by Gasteiger charge is -2.09. The Bertz CT molecular complexity index is 390. The molecule has 0 aliphatic heterocycles. The number of anilines is 1. The van der Waals surface area contributed by atoms with Crippen LogP contribution in [0, 0.1) is 0 Å². The number of nitrogens with one attached hydrogen (secondary N) is 2. The summed E-state index contributed by atoms with van der Waals surface area (Å²) in [6, 6.07) is 5.13. The van der Waals surface area contributed by atoms with Gasteiger partial charge >= 0.3 is 0 Å². The molecule has 0 saturated carbocycles. The number of para-hydroxylation sites is 1. The van der Waals surface area contributed by atoms with E-state index in [9.17, 15) is 4.79 Å². The summed E-state index contributed by atoms with van der Waals surface area (Å²) in [7, 11) is 0. The maximum absolute atomic E-state index is 11.7. The molecule has 19 heavy (non-hydrogen) atoms. The highest BCUT2D eigenvalue weighted by molar-refractivity contribution is 6.39. The molecule has 0 saturated heterocycles. The Hall–Kier alpha value is -0.770. The minimum atomic E-state index is -0.134. The normalized spacial score (nSPS) is 10.5. The SMILES string of the molecule is CCCCCCNCC(=O)Nc1c(Cl)cccc1Cl. The van der Waals surface area contributed by atoms with Crippen LogP contribution in [0.3, 0.4) is 0 Å². The van der Waals surface area contributed by atoms with Gasteiger partial charge in [0.1, 0.15) is 0 Å². The first-order valence-electron chi connectivity index (χ1n) is 6.59. The molecule has 0 fully saturated rings. The fourth-order valence-electron chi connectivity index (χ4n) is 1.68. The lowest BCUT2D eigenvalue weighted by molar-refractivity contribution is -0.115. The minimum absolute atomic E-state index is 0.134. The number of hydrogen-bond acceptors (Lipinski definition) is 2. The van der Waals surface area contributed by atoms with Crippen molar-refractivity contribution in [3.8, 4) is 0 Å². The number of rotatable bonds is 8. The summed E-state index contributed by atoms with van der Waals surface area (Å²) < 4.78 is 0. The standard InChI is InChI=1S/C14H20Cl2N2O/c1-2-3-4-5-9-17-10-13(19)18-14-11(15)7-6-8-12(14)16/h6-8,17H,2-5,9-10H2,1H3,(H,18,19). The van der Waals surface area contributed by atoms with Crippen LogP contribution in [-0.4, -0.2) is 19.0 Å². The van der Waals surface area contributed by atoms with Gasteiger partial charge in [-0.1, -0.05) is 55.5 Å². The quantitative estimate of drug-likeness (QED) is 0.710. The average Bonchev–Trinajstić information content (AvgIpc) is 2.38. The number of unbranched alkanes of at least 4 members (excludes halogenated alkanes) is 3. The van der Waals surface area contributed by atoms with Crippen molar-refractivity contribution in [1.29, 1.82) is 0 Å². The third kappa shape index (κ3) is 6.28. The number of halogens is 2. The molecule has 0 aromatic heterocycles. The summed E-state index contributed by atoms with van der Waals surface area (Å²) >= 11 is 11.9. The molecule has 0 bridgehead atoms. The van der Waals surface area contributed by atoms with Crippen LogP contribution in [0.2, 0.25) is 10.0 Å². The molecule has 0 aliphatic carbocycles. The Morgan fingerprint density at radius 3 is 2.47 bits per heavy atom. The minimum Gasteiger partial charge on any atom is -0.322 e. The summed E-state index contributed by atoms with van der Waals surface area (Å²) in [5.41, 5.74) is 0.476. The molecule has 3 nitrogen and oxygen atoms in total. The van der Waals surface area contributed by atoms with E-state index < -0.39 is 0 Å². The maximum Gasteiger partial charge on any atom is 0.238 e. The van der Waals surface area contributed by atoms with Crippen LogP contribution in [-0.2, 0) is 4.79 Å². The van der Waals surface area contributed by atoms with Gasteiger partial charge in [0.2, 0.25) is 5.91 Å². The van der Waals surface area contributed by atoms with Crippen molar-refractivity contribution in [3.05, 3.63) is 28.2 Å². The molecule has 1 rings (SSSR count). The fourth-order valence-corrected chi connectivity index (χ4v) is 2.17. The van der Waals surface area contributed by atoms with Crippen LogP contribution in [0.4, 0.5) is 5.69 Å². The average molecular weight is 303 g/mol. The van der Waals surface area contributed by atoms with E-state index in [0.29, 0.717) is 15.7 Å². The third-order valence-electron chi connectivity index (χ3n) is 2.72. The van der Waals surface area contributed by atoms with Crippen molar-refractivity contribution < 1.29 is 4.79 Å². The van der Waals surface area contributed by atoms with Gasteiger partial charge in [0.15, 0.2) is 0 Å². The molecular weight excluding hydrogens is 283 g/mol. The molecule has 1 aromatic carbocycles. The first-order chi connectivity index (χ1) is 9.15. The van der Waals surface area contributed by atoms with Gasteiger partial charge in [-0.3, -0.25) is 4.79 Å². The van der Waals surface area contributed by atoms with Gasteiger partial charge in [0.25, 0.3) is 0 Å². The van der Waals surface area contributed by atoms with Gasteiger partial charge in [0, 0.05) is 0 Å². The van der Waals surface area contributed by atoms with E-state index in [0.717, 1.165) is 13.0 Å². The fraction of sp³-hybridized carbons (Fsp3) is 0.500. The molecule has 5 heteroatoms. The number of carbonyl (C=O) groups excluding carboxylic acids is 1. The third-order valence-corrected chi connectivity index (χ3v) is 3.35. The largest absolute Gasteiger partial charge is 0.322 e. The van der Waals surface area contributed by atoms with Gasteiger partial charge in [-0.2, -0.15) is 0 Å². The van der Waals surface area contributed by atoms with Gasteiger partial charge < -0.3 is 10.6 Å². The molecule has 0 aliphatic rings. The van der Waals surface area contributed by atoms with Gasteiger partial charge in [-0.05, 0) is 25.1 Å². The molecule has 0 unspecified atom stereocenters. The van der Waals surface area contributed by atoms with E-state index in [2.05, 4.69) is 17.6 Å². The lowest BCUT2D eigenvalue weighted by atomic mass is 10.2. The Morgan fingerprint density at radius 2 is 1.84 bits per heavy atom.